The molecule has 0 radical (unpaired) electrons. The first-order valence-electron chi connectivity index (χ1n) is 42.4. The van der Waals surface area contributed by atoms with Crippen molar-refractivity contribution in [3.05, 3.63) is 65.7 Å². The number of hydrogen-bond acceptors (Lipinski definition) is 30. The molecule has 14 amide bonds. The number of carbonyl (C=O) groups is 14. The minimum absolute atomic E-state index is 0.00431. The van der Waals surface area contributed by atoms with E-state index >= 15 is 0 Å². The lowest BCUT2D eigenvalue weighted by Crippen LogP contribution is -2.45. The van der Waals surface area contributed by atoms with Crippen molar-refractivity contribution < 1.29 is 108 Å². The summed E-state index contributed by atoms with van der Waals surface area (Å²) in [6.45, 7) is 0.332. The molecule has 0 heterocycles. The first-order chi connectivity index (χ1) is 60.0. The molecule has 0 unspecified atom stereocenters. The molecule has 22 N–H and O–H groups in total. The molecule has 44 heteroatoms. The SMILES string of the molecule is O=C(CCNCC(=O)N(CCO)CCNC(=O)CCN(CCNC(=O)CCN(CCC(=O)NCCN(CCC(=O)NCCN(CCO)C(=O)CNCCC(=O)NCCO)CCC(=O)NCCN(CCO)C(=O)CNCCC(=O)NCCO)Cc1ccc(SCc2ccccc2)cc1)CCC(=O)NCCN(CCO)C(=O)CNCCC(=O)NCCO)NCCO. The van der Waals surface area contributed by atoms with Crippen LogP contribution in [0.3, 0.4) is 0 Å². The lowest BCUT2D eigenvalue weighted by molar-refractivity contribution is -0.131. The fraction of sp³-hybridized carbons (Fsp3) is 0.675. The second-order valence-electron chi connectivity index (χ2n) is 28.4. The maximum absolute atomic E-state index is 13.9. The minimum atomic E-state index is -0.393. The molecule has 0 aliphatic heterocycles. The highest BCUT2D eigenvalue weighted by Gasteiger charge is 2.22. The summed E-state index contributed by atoms with van der Waals surface area (Å²) in [4.78, 5) is 193. The zero-order valence-corrected chi connectivity index (χ0v) is 72.5. The molecule has 124 heavy (non-hydrogen) atoms. The molecule has 2 aromatic carbocycles. The van der Waals surface area contributed by atoms with Crippen molar-refractivity contribution in [2.45, 2.75) is 81.4 Å². The van der Waals surface area contributed by atoms with Gasteiger partial charge in [0.05, 0.1) is 79.0 Å². The molecule has 0 aromatic heterocycles. The van der Waals surface area contributed by atoms with Crippen LogP contribution in [0.1, 0.15) is 75.3 Å². The molecule has 43 nitrogen and oxygen atoms in total. The van der Waals surface area contributed by atoms with Crippen LogP contribution in [-0.4, -0.2) is 433 Å². The van der Waals surface area contributed by atoms with Gasteiger partial charge in [-0.3, -0.25) is 72.0 Å². The normalized spacial score (nSPS) is 11.1. The van der Waals surface area contributed by atoms with Crippen molar-refractivity contribution in [3.63, 3.8) is 0 Å². The quantitative estimate of drug-likeness (QED) is 0.0216. The topological polar surface area (TPSA) is 592 Å². The summed E-state index contributed by atoms with van der Waals surface area (Å²) in [5.41, 5.74) is 2.07. The van der Waals surface area contributed by atoms with Crippen LogP contribution in [0.25, 0.3) is 0 Å². The number of thioether (sulfide) groups is 1. The summed E-state index contributed by atoms with van der Waals surface area (Å²) < 4.78 is 0. The number of aliphatic hydroxyl groups is 8. The zero-order chi connectivity index (χ0) is 91.0. The number of nitrogens with zero attached hydrogens (tertiary/aromatic N) is 7. The van der Waals surface area contributed by atoms with Gasteiger partial charge in [0.15, 0.2) is 0 Å². The van der Waals surface area contributed by atoms with Gasteiger partial charge < -0.3 is 145 Å². The van der Waals surface area contributed by atoms with Crippen molar-refractivity contribution >= 4 is 94.5 Å². The van der Waals surface area contributed by atoms with E-state index in [4.69, 9.17) is 20.4 Å². The Labute approximate surface area is 730 Å². The molecular formula is C80H139N21O22S. The van der Waals surface area contributed by atoms with Gasteiger partial charge in [-0.25, -0.2) is 0 Å². The summed E-state index contributed by atoms with van der Waals surface area (Å²) in [6.07, 6.45) is -0.00956. The van der Waals surface area contributed by atoms with Crippen molar-refractivity contribution in [2.75, 3.05) is 275 Å². The number of aliphatic hydroxyl groups excluding tert-OH is 8. The second-order valence-corrected chi connectivity index (χ2v) is 29.4. The van der Waals surface area contributed by atoms with Crippen LogP contribution in [0, 0.1) is 0 Å². The summed E-state index contributed by atoms with van der Waals surface area (Å²) in [7, 11) is 0. The Morgan fingerprint density at radius 1 is 0.234 bits per heavy atom. The molecule has 0 bridgehead atoms. The van der Waals surface area contributed by atoms with Gasteiger partial charge in [0.2, 0.25) is 82.7 Å². The third kappa shape index (κ3) is 58.1. The maximum Gasteiger partial charge on any atom is 0.236 e. The number of benzene rings is 2. The van der Waals surface area contributed by atoms with Gasteiger partial charge in [0.1, 0.15) is 0 Å². The zero-order valence-electron chi connectivity index (χ0n) is 71.7. The van der Waals surface area contributed by atoms with E-state index in [1.165, 1.54) is 19.6 Å². The maximum atomic E-state index is 13.9. The van der Waals surface area contributed by atoms with E-state index in [0.717, 1.165) is 21.8 Å². The Bertz CT molecular complexity index is 3060. The standard InChI is InChI=1S/C80H139N21O22S/c102-50-30-91-67(110)10-20-81-58-77(120)98(46-54-106)42-26-87-71(114)14-34-95(35-15-72(115)88-27-43-99(47-55-107)78(121)59-82-21-11-68(111)92-31-51-103)40-24-85-75(118)18-38-97(62-64-6-8-66(9-7-64)124-63-65-4-2-1-3-5-65)39-19-76(119)86-25-41-96(36-16-73(116)89-28-44-100(48-56-108)79(122)60-83-22-12-69(112)93-32-52-104)37-17-74(117)90-29-45-101(49-57-109)80(123)61-84-23-13-70(113)94-33-53-105/h1-9,81-84,102-109H,10-63H2,(H,85,118)(H,86,119)(H,87,114)(H,88,115)(H,89,116)(H,90,117)(H,91,110)(H,92,111)(H,93,112)(H,94,113). The van der Waals surface area contributed by atoms with E-state index in [0.29, 0.717) is 6.54 Å². The van der Waals surface area contributed by atoms with Crippen LogP contribution in [0.5, 0.6) is 0 Å². The largest absolute Gasteiger partial charge is 0.395 e. The lowest BCUT2D eigenvalue weighted by Gasteiger charge is -2.25. The number of hydrogen-bond donors (Lipinski definition) is 22. The van der Waals surface area contributed by atoms with E-state index in [1.54, 1.807) is 11.8 Å². The van der Waals surface area contributed by atoms with Crippen molar-refractivity contribution in [3.8, 4) is 0 Å². The van der Waals surface area contributed by atoms with Crippen molar-refractivity contribution in [1.29, 1.82) is 0 Å². The predicted octanol–water partition coefficient (Wildman–Crippen LogP) is -9.94. The molecular weight excluding hydrogens is 1640 g/mol. The first kappa shape index (κ1) is 111. The number of rotatable bonds is 77. The summed E-state index contributed by atoms with van der Waals surface area (Å²) >= 11 is 1.67. The van der Waals surface area contributed by atoms with Crippen LogP contribution >= 0.6 is 11.8 Å². The highest BCUT2D eigenvalue weighted by molar-refractivity contribution is 7.98. The highest BCUT2D eigenvalue weighted by Crippen LogP contribution is 2.23. The molecule has 0 aliphatic carbocycles. The van der Waals surface area contributed by atoms with E-state index in [2.05, 4.69) is 74.4 Å². The molecule has 2 aromatic rings. The van der Waals surface area contributed by atoms with Gasteiger partial charge >= 0.3 is 0 Å². The molecule has 0 spiro atoms. The van der Waals surface area contributed by atoms with E-state index in [-0.39, 0.29) is 399 Å². The Hall–Kier alpha value is -9.23. The Balaban J connectivity index is 2.29. The monoisotopic (exact) mass is 1780 g/mol. The lowest BCUT2D eigenvalue weighted by atomic mass is 10.2. The van der Waals surface area contributed by atoms with Gasteiger partial charge in [-0.15, -0.1) is 11.8 Å². The molecule has 0 atom stereocenters. The van der Waals surface area contributed by atoms with Gasteiger partial charge in [-0.1, -0.05) is 42.5 Å². The summed E-state index contributed by atoms with van der Waals surface area (Å²) in [5, 5.41) is 113. The smallest absolute Gasteiger partial charge is 0.236 e. The van der Waals surface area contributed by atoms with E-state index < -0.39 is 23.6 Å². The fourth-order valence-electron chi connectivity index (χ4n) is 11.8. The number of nitrogens with one attached hydrogen (secondary N) is 14. The van der Waals surface area contributed by atoms with E-state index in [1.807, 2.05) is 69.3 Å². The Morgan fingerprint density at radius 3 is 0.734 bits per heavy atom. The van der Waals surface area contributed by atoms with Gasteiger partial charge in [-0.05, 0) is 23.3 Å². The molecule has 0 aliphatic rings. The number of amides is 14. The van der Waals surface area contributed by atoms with Crippen LogP contribution in [0.15, 0.2) is 59.5 Å². The first-order valence-corrected chi connectivity index (χ1v) is 43.4. The summed E-state index contributed by atoms with van der Waals surface area (Å²) in [5.74, 6) is -4.26. The van der Waals surface area contributed by atoms with Crippen LogP contribution < -0.4 is 74.4 Å². The highest BCUT2D eigenvalue weighted by atomic mass is 32.2. The Kier molecular flexibility index (Phi) is 65.3. The fourth-order valence-corrected chi connectivity index (χ4v) is 12.7. The van der Waals surface area contributed by atoms with Gasteiger partial charge in [0.25, 0.3) is 0 Å². The number of carbonyl (C=O) groups excluding carboxylic acids is 14. The predicted molar refractivity (Wildman–Crippen MR) is 461 cm³/mol. The average molecular weight is 1780 g/mol. The third-order valence-electron chi connectivity index (χ3n) is 18.7. The molecule has 0 saturated heterocycles. The third-order valence-corrected chi connectivity index (χ3v) is 19.8. The second kappa shape index (κ2) is 73.0. The molecule has 2 rings (SSSR count). The minimum Gasteiger partial charge on any atom is -0.395 e. The van der Waals surface area contributed by atoms with Crippen molar-refractivity contribution in [2.24, 2.45) is 0 Å². The molecule has 702 valence electrons. The van der Waals surface area contributed by atoms with Crippen LogP contribution in [0.4, 0.5) is 0 Å². The van der Waals surface area contributed by atoms with Gasteiger partial charge in [0, 0.05) is 278 Å². The molecule has 0 fully saturated rings. The average Bonchev–Trinajstić information content (AvgIpc) is 0.875. The van der Waals surface area contributed by atoms with E-state index in [9.17, 15) is 87.5 Å². The van der Waals surface area contributed by atoms with Gasteiger partial charge in [-0.2, -0.15) is 0 Å². The molecule has 0 saturated carbocycles. The van der Waals surface area contributed by atoms with Crippen LogP contribution in [-0.2, 0) is 79.4 Å². The van der Waals surface area contributed by atoms with Crippen molar-refractivity contribution in [1.82, 2.24) is 109 Å². The Morgan fingerprint density at radius 2 is 0.476 bits per heavy atom. The van der Waals surface area contributed by atoms with Crippen LogP contribution in [0.2, 0.25) is 0 Å². The summed E-state index contributed by atoms with van der Waals surface area (Å²) in [6, 6.07) is 18.0.